The van der Waals surface area contributed by atoms with Crippen molar-refractivity contribution in [1.82, 2.24) is 0 Å². The zero-order valence-electron chi connectivity index (χ0n) is 11.7. The third kappa shape index (κ3) is 2.51. The first-order valence-corrected chi connectivity index (χ1v) is 7.79. The Hall–Kier alpha value is -1.22. The lowest BCUT2D eigenvalue weighted by Crippen LogP contribution is -2.39. The maximum atomic E-state index is 6.08. The van der Waals surface area contributed by atoms with Gasteiger partial charge in [-0.2, -0.15) is 0 Å². The van der Waals surface area contributed by atoms with Crippen molar-refractivity contribution in [2.75, 3.05) is 13.0 Å². The number of benzene rings is 1. The number of alkyl halides is 1. The molecule has 1 saturated carbocycles. The van der Waals surface area contributed by atoms with Crippen LogP contribution in [-0.2, 0) is 4.84 Å². The molecule has 1 aromatic rings. The van der Waals surface area contributed by atoms with E-state index in [1.807, 2.05) is 12.1 Å². The highest BCUT2D eigenvalue weighted by molar-refractivity contribution is 6.29. The Morgan fingerprint density at radius 1 is 1.25 bits per heavy atom. The molecule has 1 heterocycles. The van der Waals surface area contributed by atoms with E-state index in [1.54, 1.807) is 7.11 Å². The van der Waals surface area contributed by atoms with E-state index in [9.17, 15) is 0 Å². The third-order valence-electron chi connectivity index (χ3n) is 4.46. The predicted molar refractivity (Wildman–Crippen MR) is 80.7 cm³/mol. The average Bonchev–Trinajstić information content (AvgIpc) is 2.54. The van der Waals surface area contributed by atoms with Crippen LogP contribution in [0.25, 0.3) is 0 Å². The number of hydrogen-bond acceptors (Lipinski definition) is 3. The molecule has 3 atom stereocenters. The molecule has 0 aromatic heterocycles. The van der Waals surface area contributed by atoms with Gasteiger partial charge in [-0.15, -0.1) is 11.6 Å². The zero-order chi connectivity index (χ0) is 13.9. The Labute approximate surface area is 124 Å². The number of methoxy groups -OCH3 is 1. The lowest BCUT2D eigenvalue weighted by molar-refractivity contribution is -0.0246. The summed E-state index contributed by atoms with van der Waals surface area (Å²) >= 11 is 6.08. The summed E-state index contributed by atoms with van der Waals surface area (Å²) in [7, 11) is 1.69. The maximum Gasteiger partial charge on any atom is 0.131 e. The van der Waals surface area contributed by atoms with Crippen LogP contribution in [0.4, 0.5) is 0 Å². The van der Waals surface area contributed by atoms with Gasteiger partial charge in [-0.3, -0.25) is 0 Å². The summed E-state index contributed by atoms with van der Waals surface area (Å²) in [5.74, 6) is 2.10. The van der Waals surface area contributed by atoms with Gasteiger partial charge in [0.1, 0.15) is 11.9 Å². The Morgan fingerprint density at radius 2 is 2.00 bits per heavy atom. The fraction of sp³-hybridized carbons (Fsp3) is 0.562. The van der Waals surface area contributed by atoms with Crippen molar-refractivity contribution in [1.29, 1.82) is 0 Å². The van der Waals surface area contributed by atoms with Crippen molar-refractivity contribution in [2.45, 2.75) is 37.7 Å². The molecule has 1 fully saturated rings. The van der Waals surface area contributed by atoms with Crippen LogP contribution in [0.15, 0.2) is 29.4 Å². The number of fused-ring (bicyclic) bond motifs is 1. The molecule has 20 heavy (non-hydrogen) atoms. The van der Waals surface area contributed by atoms with E-state index >= 15 is 0 Å². The van der Waals surface area contributed by atoms with Crippen LogP contribution < -0.4 is 4.74 Å². The molecular formula is C16H20ClNO2. The first-order chi connectivity index (χ1) is 9.83. The summed E-state index contributed by atoms with van der Waals surface area (Å²) in [5, 5.41) is 4.29. The summed E-state index contributed by atoms with van der Waals surface area (Å²) in [5.41, 5.74) is 2.23. The van der Waals surface area contributed by atoms with E-state index in [-0.39, 0.29) is 12.0 Å². The van der Waals surface area contributed by atoms with Gasteiger partial charge in [-0.05, 0) is 37.0 Å². The van der Waals surface area contributed by atoms with Crippen LogP contribution in [-0.4, -0.2) is 24.8 Å². The summed E-state index contributed by atoms with van der Waals surface area (Å²) in [4.78, 5) is 5.66. The fourth-order valence-electron chi connectivity index (χ4n) is 3.44. The van der Waals surface area contributed by atoms with Crippen molar-refractivity contribution in [2.24, 2.45) is 11.1 Å². The normalized spacial score (nSPS) is 29.1. The lowest BCUT2D eigenvalue weighted by atomic mass is 9.72. The van der Waals surface area contributed by atoms with Crippen LogP contribution >= 0.6 is 11.6 Å². The number of nitrogens with zero attached hydrogens (tertiary/aromatic N) is 1. The molecule has 0 unspecified atom stereocenters. The van der Waals surface area contributed by atoms with E-state index in [0.717, 1.165) is 17.9 Å². The molecule has 1 aromatic carbocycles. The molecule has 0 amide bonds. The molecule has 0 N–H and O–H groups in total. The highest BCUT2D eigenvalue weighted by Gasteiger charge is 2.40. The number of oxime groups is 1. The van der Waals surface area contributed by atoms with Crippen LogP contribution in [0.1, 0.15) is 37.2 Å². The van der Waals surface area contributed by atoms with Crippen LogP contribution in [0, 0.1) is 5.92 Å². The molecule has 0 radical (unpaired) electrons. The predicted octanol–water partition coefficient (Wildman–Crippen LogP) is 3.96. The van der Waals surface area contributed by atoms with Crippen LogP contribution in [0.3, 0.4) is 0 Å². The van der Waals surface area contributed by atoms with Gasteiger partial charge < -0.3 is 9.57 Å². The Balaban J connectivity index is 1.93. The molecule has 0 spiro atoms. The van der Waals surface area contributed by atoms with Crippen molar-refractivity contribution in [3.8, 4) is 5.75 Å². The molecule has 2 aliphatic rings. The van der Waals surface area contributed by atoms with Crippen molar-refractivity contribution >= 4 is 17.3 Å². The largest absolute Gasteiger partial charge is 0.497 e. The third-order valence-corrected chi connectivity index (χ3v) is 4.73. The monoisotopic (exact) mass is 293 g/mol. The molecule has 0 bridgehead atoms. The second-order valence-electron chi connectivity index (χ2n) is 5.56. The Morgan fingerprint density at radius 3 is 2.70 bits per heavy atom. The number of rotatable bonds is 3. The number of hydrogen-bond donors (Lipinski definition) is 0. The second-order valence-corrected chi connectivity index (χ2v) is 5.83. The quantitative estimate of drug-likeness (QED) is 0.790. The molecule has 3 rings (SSSR count). The minimum Gasteiger partial charge on any atom is -0.497 e. The molecule has 108 valence electrons. The van der Waals surface area contributed by atoms with E-state index in [2.05, 4.69) is 17.3 Å². The summed E-state index contributed by atoms with van der Waals surface area (Å²) < 4.78 is 5.24. The lowest BCUT2D eigenvalue weighted by Gasteiger charge is -2.39. The Bertz CT molecular complexity index is 486. The average molecular weight is 294 g/mol. The van der Waals surface area contributed by atoms with Crippen molar-refractivity contribution in [3.05, 3.63) is 29.8 Å². The smallest absolute Gasteiger partial charge is 0.131 e. The van der Waals surface area contributed by atoms with E-state index in [1.165, 1.54) is 24.8 Å². The zero-order valence-corrected chi connectivity index (χ0v) is 12.5. The molecule has 0 saturated heterocycles. The minimum absolute atomic E-state index is 0.253. The van der Waals surface area contributed by atoms with Crippen LogP contribution in [0.5, 0.6) is 5.75 Å². The van der Waals surface area contributed by atoms with Gasteiger partial charge in [-0.25, -0.2) is 0 Å². The summed E-state index contributed by atoms with van der Waals surface area (Å²) in [6.45, 7) is 0. The maximum absolute atomic E-state index is 6.08. The van der Waals surface area contributed by atoms with Crippen LogP contribution in [0.2, 0.25) is 0 Å². The van der Waals surface area contributed by atoms with Gasteiger partial charge in [0.15, 0.2) is 0 Å². The number of ether oxygens (including phenoxy) is 1. The molecule has 3 nitrogen and oxygen atoms in total. The first-order valence-electron chi connectivity index (χ1n) is 7.26. The highest BCUT2D eigenvalue weighted by Crippen LogP contribution is 2.42. The van der Waals surface area contributed by atoms with Gasteiger partial charge in [-0.1, -0.05) is 23.7 Å². The van der Waals surface area contributed by atoms with Gasteiger partial charge in [0.2, 0.25) is 0 Å². The molecule has 1 aliphatic heterocycles. The standard InChI is InChI=1S/C16H20ClNO2/c1-19-12-8-6-11(7-9-12)16-13-4-2-3-5-15(13)20-18-14(16)10-17/h6-9,13,15-16H,2-5,10H2,1H3/t13-,15+,16+/m1/s1. The minimum atomic E-state index is 0.253. The van der Waals surface area contributed by atoms with Gasteiger partial charge >= 0.3 is 0 Å². The highest BCUT2D eigenvalue weighted by atomic mass is 35.5. The molecule has 1 aliphatic carbocycles. The SMILES string of the molecule is COc1ccc([C@@H]2C(CCl)=NO[C@H]3CCCC[C@H]32)cc1. The van der Waals surface area contributed by atoms with Gasteiger partial charge in [0.25, 0.3) is 0 Å². The topological polar surface area (TPSA) is 30.8 Å². The molecule has 4 heteroatoms. The fourth-order valence-corrected chi connectivity index (χ4v) is 3.65. The first kappa shape index (κ1) is 13.7. The summed E-state index contributed by atoms with van der Waals surface area (Å²) in [6, 6.07) is 8.27. The van der Waals surface area contributed by atoms with Gasteiger partial charge in [0.05, 0.1) is 18.7 Å². The van der Waals surface area contributed by atoms with E-state index < -0.39 is 0 Å². The van der Waals surface area contributed by atoms with Crippen molar-refractivity contribution < 1.29 is 9.57 Å². The van der Waals surface area contributed by atoms with E-state index in [4.69, 9.17) is 21.2 Å². The van der Waals surface area contributed by atoms with E-state index in [0.29, 0.717) is 11.8 Å². The molecular weight excluding hydrogens is 274 g/mol. The van der Waals surface area contributed by atoms with Crippen molar-refractivity contribution in [3.63, 3.8) is 0 Å². The Kier molecular flexibility index (Phi) is 4.16. The van der Waals surface area contributed by atoms with Gasteiger partial charge in [0, 0.05) is 11.8 Å². The summed E-state index contributed by atoms with van der Waals surface area (Å²) in [6.07, 6.45) is 5.06. The second kappa shape index (κ2) is 6.04. The number of halogens is 1.